The zero-order chi connectivity index (χ0) is 16.4. The molecule has 2 saturated heterocycles. The smallest absolute Gasteiger partial charge is 0.411 e. The first-order valence-electron chi connectivity index (χ1n) is 8.32. The van der Waals surface area contributed by atoms with Crippen LogP contribution in [0.1, 0.15) is 32.4 Å². The van der Waals surface area contributed by atoms with Crippen LogP contribution >= 0.6 is 0 Å². The lowest BCUT2D eigenvalue weighted by Crippen LogP contribution is -2.39. The van der Waals surface area contributed by atoms with Gasteiger partial charge in [-0.1, -0.05) is 30.3 Å². The lowest BCUT2D eigenvalue weighted by atomic mass is 10.1. The van der Waals surface area contributed by atoms with E-state index in [2.05, 4.69) is 17.0 Å². The minimum Gasteiger partial charge on any atom is -0.444 e. The van der Waals surface area contributed by atoms with Gasteiger partial charge in [-0.15, -0.1) is 0 Å². The van der Waals surface area contributed by atoms with Gasteiger partial charge in [0.2, 0.25) is 0 Å². The lowest BCUT2D eigenvalue weighted by Gasteiger charge is -2.26. The molecular formula is C18H26N2O3. The third-order valence-corrected chi connectivity index (χ3v) is 4.23. The third kappa shape index (κ3) is 4.03. The number of benzene rings is 1. The van der Waals surface area contributed by atoms with Gasteiger partial charge < -0.3 is 9.47 Å². The molecule has 23 heavy (non-hydrogen) atoms. The molecule has 0 saturated carbocycles. The van der Waals surface area contributed by atoms with E-state index in [4.69, 9.17) is 9.47 Å². The summed E-state index contributed by atoms with van der Waals surface area (Å²) < 4.78 is 11.0. The van der Waals surface area contributed by atoms with Crippen molar-refractivity contribution in [3.05, 3.63) is 35.9 Å². The largest absolute Gasteiger partial charge is 0.444 e. The van der Waals surface area contributed by atoms with Crippen LogP contribution in [0.4, 0.5) is 4.79 Å². The minimum absolute atomic E-state index is 0.119. The van der Waals surface area contributed by atoms with Crippen LogP contribution in [-0.4, -0.2) is 60.4 Å². The van der Waals surface area contributed by atoms with Crippen molar-refractivity contribution in [1.29, 1.82) is 0 Å². The molecule has 0 N–H and O–H groups in total. The van der Waals surface area contributed by atoms with Crippen LogP contribution in [0.3, 0.4) is 0 Å². The molecule has 3 rings (SSSR count). The van der Waals surface area contributed by atoms with E-state index in [9.17, 15) is 4.79 Å². The second kappa shape index (κ2) is 6.49. The van der Waals surface area contributed by atoms with E-state index in [1.54, 1.807) is 0 Å². The van der Waals surface area contributed by atoms with Crippen molar-refractivity contribution in [2.75, 3.05) is 32.8 Å². The molecule has 2 atom stereocenters. The summed E-state index contributed by atoms with van der Waals surface area (Å²) in [6.07, 6.45) is -0.218. The van der Waals surface area contributed by atoms with Crippen molar-refractivity contribution in [3.8, 4) is 0 Å². The second-order valence-corrected chi connectivity index (χ2v) is 7.22. The summed E-state index contributed by atoms with van der Waals surface area (Å²) in [5, 5.41) is 0. The number of hydrogen-bond donors (Lipinski definition) is 0. The van der Waals surface area contributed by atoms with E-state index in [0.717, 1.165) is 32.8 Å². The third-order valence-electron chi connectivity index (χ3n) is 4.23. The van der Waals surface area contributed by atoms with E-state index >= 15 is 0 Å². The zero-order valence-corrected chi connectivity index (χ0v) is 14.2. The Hall–Kier alpha value is -1.59. The number of carbonyl (C=O) groups is 1. The van der Waals surface area contributed by atoms with E-state index < -0.39 is 5.60 Å². The Morgan fingerprint density at radius 1 is 1.22 bits per heavy atom. The van der Waals surface area contributed by atoms with Crippen LogP contribution in [0.25, 0.3) is 0 Å². The first-order valence-corrected chi connectivity index (χ1v) is 8.32. The molecule has 0 spiro atoms. The molecule has 0 bridgehead atoms. The van der Waals surface area contributed by atoms with Crippen molar-refractivity contribution < 1.29 is 14.3 Å². The molecule has 2 aliphatic heterocycles. The van der Waals surface area contributed by atoms with Crippen molar-refractivity contribution in [1.82, 2.24) is 9.80 Å². The Balaban J connectivity index is 1.70. The molecule has 5 heteroatoms. The molecule has 0 aromatic heterocycles. The summed E-state index contributed by atoms with van der Waals surface area (Å²) in [6.45, 7) is 10.0. The fourth-order valence-corrected chi connectivity index (χ4v) is 3.11. The highest BCUT2D eigenvalue weighted by molar-refractivity contribution is 5.73. The maximum absolute atomic E-state index is 12.5. The maximum atomic E-state index is 12.5. The standard InChI is InChI=1S/C18H26N2O3/c1-18(2,3)23-17(21)20-15(13-19-9-11-22-12-10-19)16(20)14-7-5-4-6-8-14/h4-8,15-16H,9-13H2,1-3H3/t15-,16-,20?/m1/s1. The van der Waals surface area contributed by atoms with Crippen molar-refractivity contribution in [2.24, 2.45) is 0 Å². The number of rotatable bonds is 3. The van der Waals surface area contributed by atoms with Crippen LogP contribution in [0.5, 0.6) is 0 Å². The normalized spacial score (nSPS) is 25.3. The highest BCUT2D eigenvalue weighted by Gasteiger charge is 2.53. The Kier molecular flexibility index (Phi) is 4.60. The average molecular weight is 318 g/mol. The fraction of sp³-hybridized carbons (Fsp3) is 0.611. The first kappa shape index (κ1) is 16.3. The van der Waals surface area contributed by atoms with Crippen LogP contribution in [0.2, 0.25) is 0 Å². The van der Waals surface area contributed by atoms with E-state index in [1.807, 2.05) is 43.9 Å². The maximum Gasteiger partial charge on any atom is 0.411 e. The molecule has 1 aromatic rings. The molecule has 0 aliphatic carbocycles. The van der Waals surface area contributed by atoms with Gasteiger partial charge in [0.05, 0.1) is 25.3 Å². The Morgan fingerprint density at radius 3 is 2.48 bits per heavy atom. The van der Waals surface area contributed by atoms with Crippen LogP contribution in [0.15, 0.2) is 30.3 Å². The molecule has 2 aliphatic rings. The number of amides is 1. The predicted molar refractivity (Wildman–Crippen MR) is 88.3 cm³/mol. The quantitative estimate of drug-likeness (QED) is 0.804. The van der Waals surface area contributed by atoms with Crippen molar-refractivity contribution in [3.63, 3.8) is 0 Å². The van der Waals surface area contributed by atoms with Crippen LogP contribution < -0.4 is 0 Å². The minimum atomic E-state index is -0.468. The summed E-state index contributed by atoms with van der Waals surface area (Å²) in [4.78, 5) is 16.8. The Bertz CT molecular complexity index is 535. The number of ether oxygens (including phenoxy) is 2. The van der Waals surface area contributed by atoms with Gasteiger partial charge in [-0.2, -0.15) is 0 Å². The monoisotopic (exact) mass is 318 g/mol. The van der Waals surface area contributed by atoms with E-state index in [0.29, 0.717) is 0 Å². The molecule has 1 aromatic carbocycles. The predicted octanol–water partition coefficient (Wildman–Crippen LogP) is 2.68. The summed E-state index contributed by atoms with van der Waals surface area (Å²) in [6, 6.07) is 10.5. The van der Waals surface area contributed by atoms with Gasteiger partial charge in [-0.25, -0.2) is 4.79 Å². The second-order valence-electron chi connectivity index (χ2n) is 7.22. The number of carbonyl (C=O) groups excluding carboxylic acids is 1. The van der Waals surface area contributed by atoms with Gasteiger partial charge in [0, 0.05) is 19.6 Å². The molecular weight excluding hydrogens is 292 g/mol. The molecule has 2 fully saturated rings. The molecule has 126 valence electrons. The highest BCUT2D eigenvalue weighted by Crippen LogP contribution is 2.44. The number of morpholine rings is 1. The molecule has 0 radical (unpaired) electrons. The fourth-order valence-electron chi connectivity index (χ4n) is 3.11. The number of hydrogen-bond acceptors (Lipinski definition) is 4. The molecule has 0 unspecified atom stereocenters. The SMILES string of the molecule is CC(C)(C)OC(=O)N1[C@H](CN2CCOCC2)[C@H]1c1ccccc1. The first-order chi connectivity index (χ1) is 11.0. The molecule has 2 heterocycles. The van der Waals surface area contributed by atoms with Gasteiger partial charge in [-0.3, -0.25) is 9.80 Å². The van der Waals surface area contributed by atoms with Gasteiger partial charge in [0.1, 0.15) is 5.60 Å². The van der Waals surface area contributed by atoms with E-state index in [-0.39, 0.29) is 18.2 Å². The topological polar surface area (TPSA) is 41.8 Å². The van der Waals surface area contributed by atoms with Crippen LogP contribution in [0, 0.1) is 0 Å². The lowest BCUT2D eigenvalue weighted by molar-refractivity contribution is 0.0301. The average Bonchev–Trinajstić information content (AvgIpc) is 3.21. The Morgan fingerprint density at radius 2 is 1.87 bits per heavy atom. The molecule has 5 nitrogen and oxygen atoms in total. The Labute approximate surface area is 138 Å². The zero-order valence-electron chi connectivity index (χ0n) is 14.2. The summed E-state index contributed by atoms with van der Waals surface area (Å²) in [7, 11) is 0. The highest BCUT2D eigenvalue weighted by atomic mass is 16.6. The van der Waals surface area contributed by atoms with Gasteiger partial charge >= 0.3 is 6.09 Å². The summed E-state index contributed by atoms with van der Waals surface area (Å²) in [5.41, 5.74) is 0.710. The summed E-state index contributed by atoms with van der Waals surface area (Å²) >= 11 is 0. The van der Waals surface area contributed by atoms with Crippen LogP contribution in [-0.2, 0) is 9.47 Å². The van der Waals surface area contributed by atoms with Gasteiger partial charge in [-0.05, 0) is 26.3 Å². The number of nitrogens with zero attached hydrogens (tertiary/aromatic N) is 2. The van der Waals surface area contributed by atoms with Crippen molar-refractivity contribution in [2.45, 2.75) is 38.5 Å². The van der Waals surface area contributed by atoms with E-state index in [1.165, 1.54) is 5.56 Å². The van der Waals surface area contributed by atoms with Crippen molar-refractivity contribution >= 4 is 6.09 Å². The van der Waals surface area contributed by atoms with Gasteiger partial charge in [0.25, 0.3) is 0 Å². The molecule has 1 amide bonds. The van der Waals surface area contributed by atoms with Gasteiger partial charge in [0.15, 0.2) is 0 Å². The summed E-state index contributed by atoms with van der Waals surface area (Å²) in [5.74, 6) is 0.